The smallest absolute Gasteiger partial charge is 0.211 e. The van der Waals surface area contributed by atoms with Gasteiger partial charge < -0.3 is 10.6 Å². The zero-order valence-electron chi connectivity index (χ0n) is 12.5. The van der Waals surface area contributed by atoms with E-state index in [0.717, 1.165) is 38.9 Å². The molecule has 0 aromatic rings. The summed E-state index contributed by atoms with van der Waals surface area (Å²) < 4.78 is 24.9. The summed E-state index contributed by atoms with van der Waals surface area (Å²) in [6.45, 7) is 6.72. The van der Waals surface area contributed by atoms with Crippen LogP contribution in [0.3, 0.4) is 0 Å². The van der Waals surface area contributed by atoms with E-state index in [0.29, 0.717) is 31.0 Å². The highest BCUT2D eigenvalue weighted by molar-refractivity contribution is 7.88. The van der Waals surface area contributed by atoms with Crippen LogP contribution in [-0.4, -0.2) is 62.6 Å². The fourth-order valence-corrected chi connectivity index (χ4v) is 4.20. The van der Waals surface area contributed by atoms with Crippen molar-refractivity contribution in [3.63, 3.8) is 0 Å². The van der Waals surface area contributed by atoms with Crippen LogP contribution in [0, 0.1) is 11.8 Å². The molecule has 0 aromatic carbocycles. The first-order chi connectivity index (χ1) is 8.86. The van der Waals surface area contributed by atoms with Gasteiger partial charge in [0.25, 0.3) is 0 Å². The van der Waals surface area contributed by atoms with E-state index in [1.54, 1.807) is 4.31 Å². The molecule has 0 aromatic heterocycles. The third kappa shape index (κ3) is 4.84. The molecule has 20 heavy (non-hydrogen) atoms. The molecule has 2 saturated heterocycles. The molecule has 5 nitrogen and oxygen atoms in total. The minimum Gasteiger partial charge on any atom is -0.327 e. The lowest BCUT2D eigenvalue weighted by Gasteiger charge is -2.39. The van der Waals surface area contributed by atoms with Gasteiger partial charge in [-0.3, -0.25) is 0 Å². The van der Waals surface area contributed by atoms with E-state index >= 15 is 0 Å². The summed E-state index contributed by atoms with van der Waals surface area (Å²) in [6, 6.07) is 0.329. The summed E-state index contributed by atoms with van der Waals surface area (Å²) >= 11 is 0. The number of nitrogens with two attached hydrogens (primary N) is 1. The number of piperidine rings is 2. The minimum atomic E-state index is -3.02. The van der Waals surface area contributed by atoms with E-state index in [-0.39, 0.29) is 12.4 Å². The largest absolute Gasteiger partial charge is 0.327 e. The Kier molecular flexibility index (Phi) is 6.73. The Morgan fingerprint density at radius 3 is 2.50 bits per heavy atom. The highest BCUT2D eigenvalue weighted by Crippen LogP contribution is 2.22. The molecule has 3 unspecified atom stereocenters. The maximum atomic E-state index is 11.6. The Morgan fingerprint density at radius 1 is 1.20 bits per heavy atom. The molecule has 0 amide bonds. The molecule has 120 valence electrons. The summed E-state index contributed by atoms with van der Waals surface area (Å²) in [5, 5.41) is 0. The van der Waals surface area contributed by atoms with Gasteiger partial charge in [0.2, 0.25) is 10.0 Å². The van der Waals surface area contributed by atoms with E-state index in [4.69, 9.17) is 5.73 Å². The summed E-state index contributed by atoms with van der Waals surface area (Å²) in [5.41, 5.74) is 6.04. The molecule has 0 aliphatic carbocycles. The highest BCUT2D eigenvalue weighted by atomic mass is 35.5. The van der Waals surface area contributed by atoms with Crippen LogP contribution >= 0.6 is 12.4 Å². The average Bonchev–Trinajstić information content (AvgIpc) is 2.33. The van der Waals surface area contributed by atoms with E-state index in [1.807, 2.05) is 0 Å². The molecular formula is C13H28ClN3O2S. The zero-order valence-corrected chi connectivity index (χ0v) is 14.1. The number of hydrogen-bond donors (Lipinski definition) is 1. The van der Waals surface area contributed by atoms with E-state index < -0.39 is 10.0 Å². The third-order valence-corrected chi connectivity index (χ3v) is 5.79. The van der Waals surface area contributed by atoms with Crippen molar-refractivity contribution in [3.8, 4) is 0 Å². The number of hydrogen-bond acceptors (Lipinski definition) is 4. The minimum absolute atomic E-state index is 0. The van der Waals surface area contributed by atoms with Crippen LogP contribution in [0.1, 0.15) is 26.2 Å². The normalized spacial score (nSPS) is 33.6. The zero-order chi connectivity index (χ0) is 14.0. The Morgan fingerprint density at radius 2 is 1.90 bits per heavy atom. The van der Waals surface area contributed by atoms with Gasteiger partial charge in [-0.2, -0.15) is 0 Å². The second-order valence-corrected chi connectivity index (χ2v) is 8.30. The van der Waals surface area contributed by atoms with E-state index in [1.165, 1.54) is 6.26 Å². The SMILES string of the molecule is CC1CN(CC2CCCN(S(C)(=O)=O)C2)CCC1N.Cl. The standard InChI is InChI=1S/C13H27N3O2S.ClH/c1-11-8-15(7-5-13(11)14)9-12-4-3-6-16(10-12)19(2,17)18;/h11-13H,3-10,14H2,1-2H3;1H. The quantitative estimate of drug-likeness (QED) is 0.831. The van der Waals surface area contributed by atoms with Crippen LogP contribution in [-0.2, 0) is 10.0 Å². The maximum Gasteiger partial charge on any atom is 0.211 e. The summed E-state index contributed by atoms with van der Waals surface area (Å²) in [4.78, 5) is 2.46. The fraction of sp³-hybridized carbons (Fsp3) is 1.00. The lowest BCUT2D eigenvalue weighted by molar-refractivity contribution is 0.122. The first-order valence-electron chi connectivity index (χ1n) is 7.29. The summed E-state index contributed by atoms with van der Waals surface area (Å²) in [6.07, 6.45) is 4.50. The number of nitrogens with zero attached hydrogens (tertiary/aromatic N) is 2. The van der Waals surface area contributed by atoms with Crippen LogP contribution in [0.2, 0.25) is 0 Å². The molecule has 2 aliphatic rings. The second-order valence-electron chi connectivity index (χ2n) is 6.32. The van der Waals surface area contributed by atoms with Gasteiger partial charge in [-0.15, -0.1) is 12.4 Å². The molecule has 0 spiro atoms. The van der Waals surface area contributed by atoms with Crippen molar-refractivity contribution in [3.05, 3.63) is 0 Å². The number of rotatable bonds is 3. The van der Waals surface area contributed by atoms with Gasteiger partial charge in [-0.1, -0.05) is 6.92 Å². The van der Waals surface area contributed by atoms with Gasteiger partial charge in [-0.25, -0.2) is 12.7 Å². The van der Waals surface area contributed by atoms with Crippen molar-refractivity contribution < 1.29 is 8.42 Å². The van der Waals surface area contributed by atoms with Gasteiger partial charge in [0.05, 0.1) is 6.26 Å². The van der Waals surface area contributed by atoms with Crippen LogP contribution < -0.4 is 5.73 Å². The Bertz CT molecular complexity index is 404. The third-order valence-electron chi connectivity index (χ3n) is 4.52. The van der Waals surface area contributed by atoms with Crippen molar-refractivity contribution in [1.29, 1.82) is 0 Å². The number of likely N-dealkylation sites (tertiary alicyclic amines) is 1. The topological polar surface area (TPSA) is 66.6 Å². The Balaban J connectivity index is 0.00000200. The summed E-state index contributed by atoms with van der Waals surface area (Å²) in [5.74, 6) is 1.02. The van der Waals surface area contributed by atoms with Crippen molar-refractivity contribution in [2.45, 2.75) is 32.2 Å². The molecule has 0 radical (unpaired) electrons. The number of sulfonamides is 1. The average molecular weight is 326 g/mol. The van der Waals surface area contributed by atoms with Crippen LogP contribution in [0.15, 0.2) is 0 Å². The van der Waals surface area contributed by atoms with Gasteiger partial charge in [0.1, 0.15) is 0 Å². The fourth-order valence-electron chi connectivity index (χ4n) is 3.26. The first kappa shape index (κ1) is 18.2. The van der Waals surface area contributed by atoms with E-state index in [2.05, 4.69) is 11.8 Å². The van der Waals surface area contributed by atoms with Crippen molar-refractivity contribution in [2.24, 2.45) is 17.6 Å². The molecule has 2 heterocycles. The van der Waals surface area contributed by atoms with Gasteiger partial charge in [0.15, 0.2) is 0 Å². The van der Waals surface area contributed by atoms with Gasteiger partial charge in [0, 0.05) is 32.2 Å². The van der Waals surface area contributed by atoms with Crippen molar-refractivity contribution >= 4 is 22.4 Å². The monoisotopic (exact) mass is 325 g/mol. The molecular weight excluding hydrogens is 298 g/mol. The lowest BCUT2D eigenvalue weighted by Crippen LogP contribution is -2.49. The Hall–Kier alpha value is 0.120. The predicted octanol–water partition coefficient (Wildman–Crippen LogP) is 0.749. The molecule has 3 atom stereocenters. The molecule has 2 aliphatic heterocycles. The molecule has 0 saturated carbocycles. The molecule has 2 N–H and O–H groups in total. The lowest BCUT2D eigenvalue weighted by atomic mass is 9.92. The Labute approximate surface area is 129 Å². The van der Waals surface area contributed by atoms with Gasteiger partial charge >= 0.3 is 0 Å². The highest BCUT2D eigenvalue weighted by Gasteiger charge is 2.29. The van der Waals surface area contributed by atoms with Crippen LogP contribution in [0.25, 0.3) is 0 Å². The van der Waals surface area contributed by atoms with Crippen molar-refractivity contribution in [2.75, 3.05) is 39.0 Å². The van der Waals surface area contributed by atoms with Gasteiger partial charge in [-0.05, 0) is 37.6 Å². The second kappa shape index (κ2) is 7.40. The first-order valence-corrected chi connectivity index (χ1v) is 9.14. The van der Waals surface area contributed by atoms with Crippen LogP contribution in [0.4, 0.5) is 0 Å². The number of halogens is 1. The molecule has 2 fully saturated rings. The maximum absolute atomic E-state index is 11.6. The molecule has 2 rings (SSSR count). The van der Waals surface area contributed by atoms with Crippen LogP contribution in [0.5, 0.6) is 0 Å². The van der Waals surface area contributed by atoms with Crippen molar-refractivity contribution in [1.82, 2.24) is 9.21 Å². The molecule has 7 heteroatoms. The molecule has 0 bridgehead atoms. The van der Waals surface area contributed by atoms with E-state index in [9.17, 15) is 8.42 Å². The predicted molar refractivity (Wildman–Crippen MR) is 84.6 cm³/mol. The summed E-state index contributed by atoms with van der Waals surface area (Å²) in [7, 11) is -3.02.